The minimum atomic E-state index is 0.0565. The maximum absolute atomic E-state index is 12.7. The number of hydrogen-bond acceptors (Lipinski definition) is 3. The van der Waals surface area contributed by atoms with Crippen molar-refractivity contribution < 1.29 is 9.53 Å². The van der Waals surface area contributed by atoms with E-state index in [1.54, 1.807) is 18.9 Å². The van der Waals surface area contributed by atoms with Crippen LogP contribution < -0.4 is 4.74 Å². The molecule has 0 heterocycles. The molecular weight excluding hydrogens is 328 g/mol. The lowest BCUT2D eigenvalue weighted by molar-refractivity contribution is 0.0982. The van der Waals surface area contributed by atoms with E-state index in [1.807, 2.05) is 66.7 Å². The van der Waals surface area contributed by atoms with Gasteiger partial charge < -0.3 is 4.74 Å². The van der Waals surface area contributed by atoms with Crippen LogP contribution in [0.3, 0.4) is 0 Å². The topological polar surface area (TPSA) is 26.3 Å². The van der Waals surface area contributed by atoms with Gasteiger partial charge in [0, 0.05) is 22.1 Å². The van der Waals surface area contributed by atoms with Crippen LogP contribution in [0.25, 0.3) is 0 Å². The summed E-state index contributed by atoms with van der Waals surface area (Å²) in [6, 6.07) is 27.6. The molecule has 1 unspecified atom stereocenters. The highest BCUT2D eigenvalue weighted by Crippen LogP contribution is 2.39. The smallest absolute Gasteiger partial charge is 0.164 e. The Hall–Kier alpha value is -2.52. The van der Waals surface area contributed by atoms with Crippen molar-refractivity contribution in [2.45, 2.75) is 16.6 Å². The normalized spacial score (nSPS) is 11.7. The lowest BCUT2D eigenvalue weighted by Gasteiger charge is -2.17. The molecular formula is C22H20O2S. The van der Waals surface area contributed by atoms with Gasteiger partial charge in [-0.25, -0.2) is 0 Å². The minimum absolute atomic E-state index is 0.0565. The van der Waals surface area contributed by atoms with Crippen LogP contribution in [-0.2, 0) is 0 Å². The van der Waals surface area contributed by atoms with Crippen LogP contribution in [0.1, 0.15) is 27.6 Å². The van der Waals surface area contributed by atoms with E-state index in [-0.39, 0.29) is 11.0 Å². The van der Waals surface area contributed by atoms with E-state index in [0.29, 0.717) is 6.42 Å². The molecule has 0 saturated heterocycles. The number of rotatable bonds is 7. The molecule has 2 nitrogen and oxygen atoms in total. The summed E-state index contributed by atoms with van der Waals surface area (Å²) in [5.41, 5.74) is 1.91. The van der Waals surface area contributed by atoms with Crippen molar-refractivity contribution in [2.75, 3.05) is 7.11 Å². The molecule has 3 rings (SSSR count). The van der Waals surface area contributed by atoms with Crippen molar-refractivity contribution in [3.63, 3.8) is 0 Å². The van der Waals surface area contributed by atoms with Gasteiger partial charge in [-0.1, -0.05) is 66.7 Å². The van der Waals surface area contributed by atoms with Gasteiger partial charge in [-0.05, 0) is 23.8 Å². The zero-order chi connectivity index (χ0) is 17.5. The summed E-state index contributed by atoms with van der Waals surface area (Å²) < 4.78 is 5.31. The van der Waals surface area contributed by atoms with Crippen molar-refractivity contribution in [3.05, 3.63) is 96.1 Å². The highest BCUT2D eigenvalue weighted by atomic mass is 32.2. The van der Waals surface area contributed by atoms with Crippen molar-refractivity contribution in [1.29, 1.82) is 0 Å². The molecule has 0 radical (unpaired) electrons. The summed E-state index contributed by atoms with van der Waals surface area (Å²) in [7, 11) is 1.66. The number of hydrogen-bond donors (Lipinski definition) is 0. The van der Waals surface area contributed by atoms with E-state index in [2.05, 4.69) is 18.2 Å². The average molecular weight is 348 g/mol. The number of methoxy groups -OCH3 is 1. The van der Waals surface area contributed by atoms with Crippen molar-refractivity contribution in [2.24, 2.45) is 0 Å². The summed E-state index contributed by atoms with van der Waals surface area (Å²) in [4.78, 5) is 13.8. The van der Waals surface area contributed by atoms with E-state index in [1.165, 1.54) is 0 Å². The van der Waals surface area contributed by atoms with Crippen LogP contribution in [0, 0.1) is 0 Å². The molecule has 0 fully saturated rings. The average Bonchev–Trinajstić information content (AvgIpc) is 2.69. The molecule has 0 N–H and O–H groups in total. The second kappa shape index (κ2) is 8.54. The van der Waals surface area contributed by atoms with Gasteiger partial charge in [0.2, 0.25) is 0 Å². The van der Waals surface area contributed by atoms with Crippen LogP contribution in [-0.4, -0.2) is 12.9 Å². The molecule has 0 aliphatic rings. The van der Waals surface area contributed by atoms with Crippen molar-refractivity contribution in [1.82, 2.24) is 0 Å². The van der Waals surface area contributed by atoms with E-state index in [9.17, 15) is 4.79 Å². The Morgan fingerprint density at radius 2 is 1.60 bits per heavy atom. The van der Waals surface area contributed by atoms with Gasteiger partial charge in [0.15, 0.2) is 5.78 Å². The van der Waals surface area contributed by atoms with E-state index >= 15 is 0 Å². The second-order valence-corrected chi connectivity index (χ2v) is 6.97. The van der Waals surface area contributed by atoms with Gasteiger partial charge in [-0.2, -0.15) is 0 Å². The summed E-state index contributed by atoms with van der Waals surface area (Å²) in [6.45, 7) is 0. The van der Waals surface area contributed by atoms with Gasteiger partial charge in [0.1, 0.15) is 5.75 Å². The predicted octanol–water partition coefficient (Wildman–Crippen LogP) is 5.80. The Morgan fingerprint density at radius 1 is 0.920 bits per heavy atom. The fourth-order valence-electron chi connectivity index (χ4n) is 2.64. The van der Waals surface area contributed by atoms with Crippen LogP contribution in [0.2, 0.25) is 0 Å². The van der Waals surface area contributed by atoms with Gasteiger partial charge >= 0.3 is 0 Å². The van der Waals surface area contributed by atoms with Gasteiger partial charge in [0.05, 0.1) is 7.11 Å². The molecule has 0 aromatic heterocycles. The standard InChI is InChI=1S/C22H20O2S/c1-24-19-13-8-14-20(15-19)25-22(18-11-6-3-7-12-18)16-21(23)17-9-4-2-5-10-17/h2-15,22H,16H2,1H3. The molecule has 3 heteroatoms. The Bertz CT molecular complexity index is 816. The molecule has 0 aliphatic heterocycles. The number of carbonyl (C=O) groups is 1. The van der Waals surface area contributed by atoms with Crippen LogP contribution >= 0.6 is 11.8 Å². The lowest BCUT2D eigenvalue weighted by atomic mass is 10.0. The van der Waals surface area contributed by atoms with Crippen molar-refractivity contribution in [3.8, 4) is 5.75 Å². The van der Waals surface area contributed by atoms with E-state index in [0.717, 1.165) is 21.8 Å². The first-order chi connectivity index (χ1) is 12.3. The zero-order valence-corrected chi connectivity index (χ0v) is 14.9. The Balaban J connectivity index is 1.84. The number of ketones is 1. The van der Waals surface area contributed by atoms with Gasteiger partial charge in [-0.15, -0.1) is 11.8 Å². The molecule has 0 aliphatic carbocycles. The second-order valence-electron chi connectivity index (χ2n) is 5.69. The predicted molar refractivity (Wildman–Crippen MR) is 103 cm³/mol. The summed E-state index contributed by atoms with van der Waals surface area (Å²) in [6.07, 6.45) is 0.454. The first-order valence-electron chi connectivity index (χ1n) is 8.20. The maximum Gasteiger partial charge on any atom is 0.164 e. The fourth-order valence-corrected chi connectivity index (χ4v) is 3.84. The molecule has 126 valence electrons. The molecule has 0 spiro atoms. The van der Waals surface area contributed by atoms with Gasteiger partial charge in [-0.3, -0.25) is 4.79 Å². The number of benzene rings is 3. The van der Waals surface area contributed by atoms with Crippen LogP contribution in [0.4, 0.5) is 0 Å². The first kappa shape index (κ1) is 17.3. The molecule has 3 aromatic carbocycles. The lowest BCUT2D eigenvalue weighted by Crippen LogP contribution is -2.05. The Morgan fingerprint density at radius 3 is 2.28 bits per heavy atom. The number of ether oxygens (including phenoxy) is 1. The highest BCUT2D eigenvalue weighted by molar-refractivity contribution is 7.99. The van der Waals surface area contributed by atoms with Crippen LogP contribution in [0.5, 0.6) is 5.75 Å². The quantitative estimate of drug-likeness (QED) is 0.398. The maximum atomic E-state index is 12.7. The first-order valence-corrected chi connectivity index (χ1v) is 9.08. The monoisotopic (exact) mass is 348 g/mol. The molecule has 0 amide bonds. The zero-order valence-electron chi connectivity index (χ0n) is 14.1. The summed E-state index contributed by atoms with van der Waals surface area (Å²) >= 11 is 1.69. The van der Waals surface area contributed by atoms with Crippen LogP contribution in [0.15, 0.2) is 89.8 Å². The highest BCUT2D eigenvalue weighted by Gasteiger charge is 2.18. The molecule has 3 aromatic rings. The third kappa shape index (κ3) is 4.74. The molecule has 0 saturated carbocycles. The molecule has 1 atom stereocenters. The SMILES string of the molecule is COc1cccc(SC(CC(=O)c2ccccc2)c2ccccc2)c1. The third-order valence-corrected chi connectivity index (χ3v) is 5.21. The van der Waals surface area contributed by atoms with E-state index < -0.39 is 0 Å². The number of thioether (sulfide) groups is 1. The molecule has 25 heavy (non-hydrogen) atoms. The Kier molecular flexibility index (Phi) is 5.91. The summed E-state index contributed by atoms with van der Waals surface area (Å²) in [5.74, 6) is 0.982. The fraction of sp³-hybridized carbons (Fsp3) is 0.136. The van der Waals surface area contributed by atoms with Crippen molar-refractivity contribution >= 4 is 17.5 Å². The third-order valence-electron chi connectivity index (χ3n) is 3.96. The Labute approximate surface area is 152 Å². The molecule has 0 bridgehead atoms. The minimum Gasteiger partial charge on any atom is -0.497 e. The van der Waals surface area contributed by atoms with E-state index in [4.69, 9.17) is 4.74 Å². The summed E-state index contributed by atoms with van der Waals surface area (Å²) in [5, 5.41) is 0.0565. The number of Topliss-reactive ketones (excluding diaryl/α,β-unsaturated/α-hetero) is 1. The largest absolute Gasteiger partial charge is 0.497 e. The van der Waals surface area contributed by atoms with Gasteiger partial charge in [0.25, 0.3) is 0 Å². The number of carbonyl (C=O) groups excluding carboxylic acids is 1.